The number of rotatable bonds is 5. The highest BCUT2D eigenvalue weighted by Gasteiger charge is 2.26. The number of carbonyl (C=O) groups is 1. The molecule has 0 aliphatic heterocycles. The van der Waals surface area contributed by atoms with Gasteiger partial charge in [0.1, 0.15) is 17.1 Å². The number of nitrogen functional groups attached to an aromatic ring is 1. The lowest BCUT2D eigenvalue weighted by Crippen LogP contribution is -2.27. The van der Waals surface area contributed by atoms with Crippen molar-refractivity contribution >= 4 is 17.3 Å². The zero-order valence-corrected chi connectivity index (χ0v) is 11.2. The zero-order valence-electron chi connectivity index (χ0n) is 11.2. The highest BCUT2D eigenvalue weighted by atomic mass is 16.6. The third-order valence-corrected chi connectivity index (χ3v) is 2.89. The van der Waals surface area contributed by atoms with Crippen LogP contribution in [0, 0.1) is 10.1 Å². The maximum Gasteiger partial charge on any atom is 0.306 e. The predicted molar refractivity (Wildman–Crippen MR) is 75.3 cm³/mol. The molecular formula is C12H14N6O3. The average Bonchev–Trinajstić information content (AvgIpc) is 2.98. The molecule has 0 atom stereocenters. The molecule has 0 saturated heterocycles. The number of para-hydroxylation sites is 1. The lowest BCUT2D eigenvalue weighted by Gasteiger charge is -2.16. The van der Waals surface area contributed by atoms with E-state index in [0.717, 1.165) is 0 Å². The summed E-state index contributed by atoms with van der Waals surface area (Å²) >= 11 is 0. The Morgan fingerprint density at radius 2 is 2.33 bits per heavy atom. The van der Waals surface area contributed by atoms with E-state index in [0.29, 0.717) is 5.82 Å². The van der Waals surface area contributed by atoms with E-state index in [1.54, 1.807) is 12.4 Å². The first-order valence-electron chi connectivity index (χ1n) is 6.02. The number of hydrogen-bond acceptors (Lipinski definition) is 6. The van der Waals surface area contributed by atoms with Crippen LogP contribution >= 0.6 is 0 Å². The Kier molecular flexibility index (Phi) is 4.14. The molecule has 0 spiro atoms. The number of imidazole rings is 1. The number of H-pyrrole nitrogens is 1. The van der Waals surface area contributed by atoms with Crippen LogP contribution in [0.3, 0.4) is 0 Å². The lowest BCUT2D eigenvalue weighted by atomic mass is 10.1. The summed E-state index contributed by atoms with van der Waals surface area (Å²) in [4.78, 5) is 31.1. The lowest BCUT2D eigenvalue weighted by molar-refractivity contribution is -0.384. The number of nitrogens with zero attached hydrogens (tertiary/aromatic N) is 3. The third kappa shape index (κ3) is 2.98. The molecule has 0 saturated carbocycles. The molecule has 4 N–H and O–H groups in total. The molecule has 2 rings (SSSR count). The van der Waals surface area contributed by atoms with Gasteiger partial charge < -0.3 is 15.3 Å². The van der Waals surface area contributed by atoms with E-state index in [2.05, 4.69) is 15.4 Å². The van der Waals surface area contributed by atoms with Crippen molar-refractivity contribution in [3.8, 4) is 0 Å². The Bertz CT molecular complexity index is 655. The summed E-state index contributed by atoms with van der Waals surface area (Å²) in [5.41, 5.74) is 1.92. The van der Waals surface area contributed by atoms with Crippen LogP contribution in [0.4, 0.5) is 11.4 Å². The largest absolute Gasteiger partial charge is 0.347 e. The summed E-state index contributed by atoms with van der Waals surface area (Å²) in [6.07, 6.45) is 3.20. The zero-order chi connectivity index (χ0) is 15.4. The number of aromatic amines is 1. The van der Waals surface area contributed by atoms with E-state index in [9.17, 15) is 14.9 Å². The molecule has 0 bridgehead atoms. The second-order valence-electron chi connectivity index (χ2n) is 4.30. The number of nitrogens with one attached hydrogen (secondary N) is 2. The molecule has 1 aromatic heterocycles. The van der Waals surface area contributed by atoms with Gasteiger partial charge in [0.2, 0.25) is 0 Å². The Labute approximate surface area is 119 Å². The molecule has 9 heteroatoms. The highest BCUT2D eigenvalue weighted by molar-refractivity contribution is 6.00. The number of aromatic nitrogens is 2. The van der Waals surface area contributed by atoms with Crippen LogP contribution in [-0.4, -0.2) is 32.7 Å². The third-order valence-electron chi connectivity index (χ3n) is 2.89. The Balaban J connectivity index is 2.32. The first-order valence-corrected chi connectivity index (χ1v) is 6.02. The minimum Gasteiger partial charge on any atom is -0.347 e. The standard InChI is InChI=1S/C12H14N6O3/c1-17(7-10-14-5-6-15-10)12(19)8-3-2-4-9(16-13)11(8)18(20)21/h2-6,16H,7,13H2,1H3,(H,14,15). The molecule has 9 nitrogen and oxygen atoms in total. The van der Waals surface area contributed by atoms with Crippen molar-refractivity contribution in [3.63, 3.8) is 0 Å². The SMILES string of the molecule is CN(Cc1ncc[nH]1)C(=O)c1cccc(NN)c1[N+](=O)[O-]. The minimum atomic E-state index is -0.636. The molecule has 0 aliphatic carbocycles. The van der Waals surface area contributed by atoms with E-state index >= 15 is 0 Å². The van der Waals surface area contributed by atoms with Gasteiger partial charge in [-0.3, -0.25) is 20.8 Å². The number of amides is 1. The molecule has 21 heavy (non-hydrogen) atoms. The minimum absolute atomic E-state index is 0.0375. The Hall–Kier alpha value is -2.94. The van der Waals surface area contributed by atoms with E-state index in [1.807, 2.05) is 0 Å². The van der Waals surface area contributed by atoms with Crippen molar-refractivity contribution in [2.75, 3.05) is 12.5 Å². The van der Waals surface area contributed by atoms with Crippen LogP contribution in [0.1, 0.15) is 16.2 Å². The topological polar surface area (TPSA) is 130 Å². The molecule has 0 fully saturated rings. The van der Waals surface area contributed by atoms with Crippen molar-refractivity contribution in [2.24, 2.45) is 5.84 Å². The number of hydrogen-bond donors (Lipinski definition) is 3. The fraction of sp³-hybridized carbons (Fsp3) is 0.167. The van der Waals surface area contributed by atoms with Gasteiger partial charge in [-0.2, -0.15) is 0 Å². The first kappa shape index (κ1) is 14.5. The molecular weight excluding hydrogens is 276 g/mol. The maximum absolute atomic E-state index is 12.4. The fourth-order valence-corrected chi connectivity index (χ4v) is 1.92. The van der Waals surface area contributed by atoms with Gasteiger partial charge in [-0.05, 0) is 12.1 Å². The average molecular weight is 290 g/mol. The van der Waals surface area contributed by atoms with E-state index < -0.39 is 10.8 Å². The molecule has 2 aromatic rings. The summed E-state index contributed by atoms with van der Waals surface area (Å²) in [5.74, 6) is 5.34. The van der Waals surface area contributed by atoms with Crippen molar-refractivity contribution in [1.82, 2.24) is 14.9 Å². The summed E-state index contributed by atoms with van der Waals surface area (Å²) in [6, 6.07) is 4.34. The van der Waals surface area contributed by atoms with Gasteiger partial charge in [0.15, 0.2) is 0 Å². The number of nitrogens with two attached hydrogens (primary N) is 1. The first-order chi connectivity index (χ1) is 10.0. The monoisotopic (exact) mass is 290 g/mol. The van der Waals surface area contributed by atoms with Gasteiger partial charge in [0, 0.05) is 19.4 Å². The van der Waals surface area contributed by atoms with Crippen LogP contribution in [-0.2, 0) is 6.54 Å². The van der Waals surface area contributed by atoms with Gasteiger partial charge in [-0.25, -0.2) is 4.98 Å². The van der Waals surface area contributed by atoms with Crippen molar-refractivity contribution in [2.45, 2.75) is 6.54 Å². The van der Waals surface area contributed by atoms with E-state index in [4.69, 9.17) is 5.84 Å². The molecule has 1 aromatic carbocycles. The molecule has 1 heterocycles. The second kappa shape index (κ2) is 6.01. The van der Waals surface area contributed by atoms with Crippen molar-refractivity contribution in [1.29, 1.82) is 0 Å². The van der Waals surface area contributed by atoms with Gasteiger partial charge in [0.25, 0.3) is 5.91 Å². The van der Waals surface area contributed by atoms with Gasteiger partial charge >= 0.3 is 5.69 Å². The normalized spacial score (nSPS) is 10.2. The van der Waals surface area contributed by atoms with Gasteiger partial charge in [0.05, 0.1) is 11.5 Å². The smallest absolute Gasteiger partial charge is 0.306 e. The quantitative estimate of drug-likeness (QED) is 0.425. The highest BCUT2D eigenvalue weighted by Crippen LogP contribution is 2.28. The number of nitro groups is 1. The predicted octanol–water partition coefficient (Wildman–Crippen LogP) is 0.876. The van der Waals surface area contributed by atoms with Crippen LogP contribution in [0.15, 0.2) is 30.6 Å². The number of benzene rings is 1. The van der Waals surface area contributed by atoms with Gasteiger partial charge in [-0.15, -0.1) is 0 Å². The summed E-state index contributed by atoms with van der Waals surface area (Å²) < 4.78 is 0. The van der Waals surface area contributed by atoms with E-state index in [1.165, 1.54) is 30.1 Å². The number of hydrazine groups is 1. The molecule has 0 radical (unpaired) electrons. The molecule has 0 unspecified atom stereocenters. The molecule has 1 amide bonds. The van der Waals surface area contributed by atoms with Crippen LogP contribution in [0.25, 0.3) is 0 Å². The Morgan fingerprint density at radius 3 is 2.90 bits per heavy atom. The number of nitro benzene ring substituents is 1. The summed E-state index contributed by atoms with van der Waals surface area (Å²) in [5, 5.41) is 11.2. The molecule has 0 aliphatic rings. The molecule has 110 valence electrons. The van der Waals surface area contributed by atoms with Gasteiger partial charge in [-0.1, -0.05) is 6.07 Å². The van der Waals surface area contributed by atoms with Crippen LogP contribution in [0.2, 0.25) is 0 Å². The maximum atomic E-state index is 12.4. The Morgan fingerprint density at radius 1 is 1.57 bits per heavy atom. The van der Waals surface area contributed by atoms with Crippen LogP contribution in [0.5, 0.6) is 0 Å². The second-order valence-corrected chi connectivity index (χ2v) is 4.30. The summed E-state index contributed by atoms with van der Waals surface area (Å²) in [6.45, 7) is 0.212. The van der Waals surface area contributed by atoms with E-state index in [-0.39, 0.29) is 23.5 Å². The number of carbonyl (C=O) groups excluding carboxylic acids is 1. The van der Waals surface area contributed by atoms with Crippen molar-refractivity contribution in [3.05, 3.63) is 52.1 Å². The fourth-order valence-electron chi connectivity index (χ4n) is 1.92. The summed E-state index contributed by atoms with van der Waals surface area (Å²) in [7, 11) is 1.54. The number of anilines is 1. The van der Waals surface area contributed by atoms with Crippen molar-refractivity contribution < 1.29 is 9.72 Å². The van der Waals surface area contributed by atoms with Crippen LogP contribution < -0.4 is 11.3 Å².